The van der Waals surface area contributed by atoms with Crippen LogP contribution in [0.5, 0.6) is 0 Å². The number of rotatable bonds is 6. The molecule has 34 heavy (non-hydrogen) atoms. The first-order valence-corrected chi connectivity index (χ1v) is 12.5. The van der Waals surface area contributed by atoms with Crippen LogP contribution in [0.4, 0.5) is 17.3 Å². The summed E-state index contributed by atoms with van der Waals surface area (Å²) in [5.41, 5.74) is 4.45. The minimum absolute atomic E-state index is 0.188. The van der Waals surface area contributed by atoms with Gasteiger partial charge in [0.05, 0.1) is 32.0 Å². The molecule has 8 nitrogen and oxygen atoms in total. The Labute approximate surface area is 202 Å². The van der Waals surface area contributed by atoms with Crippen LogP contribution in [0.25, 0.3) is 0 Å². The minimum atomic E-state index is 0.188. The van der Waals surface area contributed by atoms with Gasteiger partial charge in [0.2, 0.25) is 0 Å². The van der Waals surface area contributed by atoms with E-state index in [1.165, 1.54) is 17.3 Å². The number of benzene rings is 1. The van der Waals surface area contributed by atoms with E-state index < -0.39 is 0 Å². The number of nitrogens with zero attached hydrogens (tertiary/aromatic N) is 4. The van der Waals surface area contributed by atoms with E-state index >= 15 is 0 Å². The number of aromatic nitrogens is 2. The molecule has 8 heteroatoms. The van der Waals surface area contributed by atoms with Crippen LogP contribution in [0.1, 0.15) is 48.2 Å². The van der Waals surface area contributed by atoms with E-state index in [0.717, 1.165) is 80.9 Å². The molecule has 0 spiro atoms. The van der Waals surface area contributed by atoms with Gasteiger partial charge < -0.3 is 25.1 Å². The fourth-order valence-electron chi connectivity index (χ4n) is 5.37. The van der Waals surface area contributed by atoms with Crippen LogP contribution < -0.4 is 10.2 Å². The zero-order valence-corrected chi connectivity index (χ0v) is 20.5. The van der Waals surface area contributed by atoms with Crippen molar-refractivity contribution >= 4 is 23.5 Å². The van der Waals surface area contributed by atoms with Gasteiger partial charge in [-0.25, -0.2) is 9.97 Å². The summed E-state index contributed by atoms with van der Waals surface area (Å²) in [6.45, 7) is 12.6. The lowest BCUT2D eigenvalue weighted by atomic mass is 9.85. The number of ether oxygens (including phenoxy) is 2. The second kappa shape index (κ2) is 9.98. The summed E-state index contributed by atoms with van der Waals surface area (Å²) in [5.74, 6) is 2.95. The summed E-state index contributed by atoms with van der Waals surface area (Å²) in [6, 6.07) is 7.01. The number of hydrogen-bond donors (Lipinski definition) is 2. The molecule has 2 aromatic rings. The van der Waals surface area contributed by atoms with E-state index in [1.54, 1.807) is 0 Å². The monoisotopic (exact) mass is 464 g/mol. The predicted molar refractivity (Wildman–Crippen MR) is 135 cm³/mol. The third-order valence-electron chi connectivity index (χ3n) is 7.35. The molecule has 0 amide bonds. The average Bonchev–Trinajstić information content (AvgIpc) is 2.79. The largest absolute Gasteiger partial charge is 0.378 e. The summed E-state index contributed by atoms with van der Waals surface area (Å²) >= 11 is 0. The smallest absolute Gasteiger partial charge is 0.136 e. The van der Waals surface area contributed by atoms with Gasteiger partial charge in [-0.2, -0.15) is 0 Å². The highest BCUT2D eigenvalue weighted by Gasteiger charge is 2.30. The molecule has 182 valence electrons. The molecule has 5 rings (SSSR count). The van der Waals surface area contributed by atoms with E-state index in [4.69, 9.17) is 14.9 Å². The maximum atomic E-state index is 7.99. The van der Waals surface area contributed by atoms with Crippen LogP contribution in [-0.2, 0) is 9.47 Å². The zero-order valence-electron chi connectivity index (χ0n) is 20.5. The molecule has 3 aliphatic rings. The van der Waals surface area contributed by atoms with Gasteiger partial charge >= 0.3 is 0 Å². The zero-order chi connectivity index (χ0) is 23.7. The van der Waals surface area contributed by atoms with Crippen molar-refractivity contribution < 1.29 is 9.47 Å². The Balaban J connectivity index is 1.37. The molecule has 2 N–H and O–H groups in total. The third-order valence-corrected chi connectivity index (χ3v) is 7.35. The van der Waals surface area contributed by atoms with Gasteiger partial charge in [0, 0.05) is 36.6 Å². The molecule has 1 aromatic carbocycles. The van der Waals surface area contributed by atoms with Gasteiger partial charge in [0.1, 0.15) is 17.5 Å². The Morgan fingerprint density at radius 1 is 1.09 bits per heavy atom. The lowest BCUT2D eigenvalue weighted by Gasteiger charge is -2.41. The molecule has 0 unspecified atom stereocenters. The van der Waals surface area contributed by atoms with Crippen molar-refractivity contribution in [3.05, 3.63) is 40.7 Å². The van der Waals surface area contributed by atoms with Gasteiger partial charge in [-0.3, -0.25) is 4.90 Å². The molecule has 0 saturated carbocycles. The summed E-state index contributed by atoms with van der Waals surface area (Å²) in [7, 11) is 0. The number of aryl methyl sites for hydroxylation is 2. The van der Waals surface area contributed by atoms with Gasteiger partial charge in [-0.1, -0.05) is 0 Å². The van der Waals surface area contributed by atoms with Crippen LogP contribution in [-0.4, -0.2) is 79.2 Å². The quantitative estimate of drug-likeness (QED) is 0.631. The van der Waals surface area contributed by atoms with Crippen LogP contribution >= 0.6 is 0 Å². The molecule has 0 aliphatic carbocycles. The fourth-order valence-corrected chi connectivity index (χ4v) is 5.37. The molecular formula is C26H36N6O2. The van der Waals surface area contributed by atoms with E-state index in [-0.39, 0.29) is 6.10 Å². The van der Waals surface area contributed by atoms with Crippen molar-refractivity contribution in [3.8, 4) is 0 Å². The lowest BCUT2D eigenvalue weighted by Crippen LogP contribution is -2.51. The Morgan fingerprint density at radius 3 is 2.56 bits per heavy atom. The maximum Gasteiger partial charge on any atom is 0.136 e. The van der Waals surface area contributed by atoms with Gasteiger partial charge in [0.25, 0.3) is 0 Å². The Morgan fingerprint density at radius 2 is 1.88 bits per heavy atom. The SMILES string of the molecule is Cc1nc(Nc2cc(C3CCN(C4COC4)CC3)c(C)cc2C=N)cc(N2CCO[C@@H](C)C2)n1. The van der Waals surface area contributed by atoms with Crippen molar-refractivity contribution in [3.63, 3.8) is 0 Å². The standard InChI is InChI=1S/C26H36N6O2/c1-17-10-21(13-27)24(11-23(17)20-4-6-31(7-5-20)22-15-33-16-22)30-25-12-26(29-19(3)28-25)32-8-9-34-18(2)14-32/h10-13,18,20,22,27H,4-9,14-16H2,1-3H3,(H,28,29,30)/t18-/m0/s1. The van der Waals surface area contributed by atoms with Crippen molar-refractivity contribution in [2.45, 2.75) is 51.7 Å². The molecule has 4 heterocycles. The predicted octanol–water partition coefficient (Wildman–Crippen LogP) is 3.64. The summed E-state index contributed by atoms with van der Waals surface area (Å²) in [5, 5.41) is 11.5. The number of hydrogen-bond acceptors (Lipinski definition) is 8. The second-order valence-corrected chi connectivity index (χ2v) is 9.85. The number of anilines is 3. The highest BCUT2D eigenvalue weighted by molar-refractivity contribution is 5.88. The molecule has 0 radical (unpaired) electrons. The van der Waals surface area contributed by atoms with E-state index in [9.17, 15) is 0 Å². The van der Waals surface area contributed by atoms with Crippen LogP contribution in [0.2, 0.25) is 0 Å². The van der Waals surface area contributed by atoms with Crippen molar-refractivity contribution in [2.24, 2.45) is 0 Å². The van der Waals surface area contributed by atoms with Gasteiger partial charge in [0.15, 0.2) is 0 Å². The van der Waals surface area contributed by atoms with Crippen LogP contribution in [0.15, 0.2) is 18.2 Å². The first-order valence-electron chi connectivity index (χ1n) is 12.5. The summed E-state index contributed by atoms with van der Waals surface area (Å²) < 4.78 is 11.1. The lowest BCUT2D eigenvalue weighted by molar-refractivity contribution is -0.0712. The second-order valence-electron chi connectivity index (χ2n) is 9.85. The first kappa shape index (κ1) is 23.2. The van der Waals surface area contributed by atoms with Crippen molar-refractivity contribution in [1.29, 1.82) is 5.41 Å². The number of nitrogens with one attached hydrogen (secondary N) is 2. The van der Waals surface area contributed by atoms with Crippen LogP contribution in [0.3, 0.4) is 0 Å². The molecule has 3 aliphatic heterocycles. The highest BCUT2D eigenvalue weighted by Crippen LogP contribution is 2.35. The van der Waals surface area contributed by atoms with E-state index in [2.05, 4.69) is 51.1 Å². The molecule has 1 aromatic heterocycles. The fraction of sp³-hybridized carbons (Fsp3) is 0.577. The minimum Gasteiger partial charge on any atom is -0.378 e. The molecule has 0 bridgehead atoms. The number of morpholine rings is 1. The molecule has 1 atom stereocenters. The van der Waals surface area contributed by atoms with Crippen molar-refractivity contribution in [2.75, 3.05) is 56.2 Å². The summed E-state index contributed by atoms with van der Waals surface area (Å²) in [6.07, 6.45) is 3.93. The third kappa shape index (κ3) is 4.94. The topological polar surface area (TPSA) is 86.6 Å². The Kier molecular flexibility index (Phi) is 6.81. The van der Waals surface area contributed by atoms with Crippen molar-refractivity contribution in [1.82, 2.24) is 14.9 Å². The number of likely N-dealkylation sites (tertiary alicyclic amines) is 1. The molecule has 3 saturated heterocycles. The number of piperidine rings is 1. The summed E-state index contributed by atoms with van der Waals surface area (Å²) in [4.78, 5) is 14.2. The average molecular weight is 465 g/mol. The van der Waals surface area contributed by atoms with Gasteiger partial charge in [-0.05, 0) is 75.9 Å². The van der Waals surface area contributed by atoms with Crippen LogP contribution in [0, 0.1) is 19.3 Å². The Bertz CT molecular complexity index is 1030. The van der Waals surface area contributed by atoms with E-state index in [1.807, 2.05) is 13.0 Å². The highest BCUT2D eigenvalue weighted by atomic mass is 16.5. The van der Waals surface area contributed by atoms with Gasteiger partial charge in [-0.15, -0.1) is 0 Å². The Hall–Kier alpha value is -2.55. The maximum absolute atomic E-state index is 7.99. The molecular weight excluding hydrogens is 428 g/mol. The first-order chi connectivity index (χ1) is 16.5. The molecule has 3 fully saturated rings. The normalized spacial score (nSPS) is 22.4. The van der Waals surface area contributed by atoms with E-state index in [0.29, 0.717) is 18.6 Å².